The van der Waals surface area contributed by atoms with Gasteiger partial charge in [0.1, 0.15) is 12.6 Å². The Bertz CT molecular complexity index is 944. The first-order valence-corrected chi connectivity index (χ1v) is 18.2. The van der Waals surface area contributed by atoms with Crippen molar-refractivity contribution in [2.45, 2.75) is 64.5 Å². The van der Waals surface area contributed by atoms with Crippen molar-refractivity contribution >= 4 is 17.7 Å². The molecule has 0 saturated heterocycles. The van der Waals surface area contributed by atoms with Gasteiger partial charge in [-0.3, -0.25) is 14.4 Å². The van der Waals surface area contributed by atoms with Crippen LogP contribution in [-0.2, 0) is 52.3 Å². The van der Waals surface area contributed by atoms with Crippen LogP contribution < -0.4 is 33.2 Å². The van der Waals surface area contributed by atoms with Crippen molar-refractivity contribution in [3.63, 3.8) is 0 Å². The van der Waals surface area contributed by atoms with Crippen LogP contribution in [0.2, 0.25) is 0 Å². The average Bonchev–Trinajstić information content (AvgIpc) is 3.10. The van der Waals surface area contributed by atoms with E-state index in [1.165, 1.54) is 0 Å². The van der Waals surface area contributed by atoms with Crippen molar-refractivity contribution in [2.24, 2.45) is 23.1 Å². The molecule has 17 heteroatoms. The number of allylic oxidation sites excluding steroid dienone is 1. The summed E-state index contributed by atoms with van der Waals surface area (Å²) < 4.78 is 44.1. The maximum atomic E-state index is 12.4. The lowest BCUT2D eigenvalue weighted by molar-refractivity contribution is -0.129. The van der Waals surface area contributed by atoms with Crippen LogP contribution in [0.5, 0.6) is 0 Å². The van der Waals surface area contributed by atoms with Crippen LogP contribution >= 0.6 is 0 Å². The lowest BCUT2D eigenvalue weighted by atomic mass is 9.99. The predicted molar refractivity (Wildman–Crippen MR) is 190 cm³/mol. The van der Waals surface area contributed by atoms with Crippen LogP contribution in [0.4, 0.5) is 0 Å². The molecule has 0 spiro atoms. The lowest BCUT2D eigenvalue weighted by Gasteiger charge is -2.25. The monoisotopic (exact) mass is 734 g/mol. The summed E-state index contributed by atoms with van der Waals surface area (Å²) in [6.45, 7) is 10.9. The standard InChI is InChI=1S/C34H66N6O11/c1-27(2)33(34(37)43)40-30(41)8-12-44-16-20-48-24-25-50-23-19-47-15-11-39-31(42)26-51-29-7-5-3-4-6-28(32(29)36)38-10-14-46-18-22-49-21-17-45-13-9-35/h27,29,33,38H,3-26,35-36H2,1-2H3,(H2,37,43)(H,39,42)(H,40,41). The Morgan fingerprint density at radius 3 is 1.78 bits per heavy atom. The first-order chi connectivity index (χ1) is 24.8. The Hall–Kier alpha value is -2.61. The Morgan fingerprint density at radius 2 is 1.24 bits per heavy atom. The molecule has 1 rings (SSSR count). The van der Waals surface area contributed by atoms with Crippen molar-refractivity contribution < 1.29 is 52.3 Å². The molecule has 2 atom stereocenters. The van der Waals surface area contributed by atoms with Crippen molar-refractivity contribution in [3.8, 4) is 0 Å². The number of hydrogen-bond donors (Lipinski definition) is 6. The SMILES string of the molecule is CC(C)C(NC(=O)CCOCCOCCOCCOCCNC(=O)COC1CCCCCC(NCCOCCOCCOCCN)=C1N)C(N)=O. The fraction of sp³-hybridized carbons (Fsp3) is 0.853. The van der Waals surface area contributed by atoms with E-state index in [-0.39, 0.29) is 43.5 Å². The van der Waals surface area contributed by atoms with Crippen LogP contribution in [0.15, 0.2) is 11.4 Å². The Kier molecular flexibility index (Phi) is 29.2. The molecular formula is C34H66N6O11. The summed E-state index contributed by atoms with van der Waals surface area (Å²) in [6, 6.07) is -0.691. The second kappa shape index (κ2) is 32.1. The fourth-order valence-electron chi connectivity index (χ4n) is 4.79. The molecule has 0 fully saturated rings. The topological polar surface area (TPSA) is 239 Å². The molecule has 3 amide bonds. The minimum Gasteiger partial charge on any atom is -0.399 e. The molecule has 298 valence electrons. The molecule has 17 nitrogen and oxygen atoms in total. The number of primary amides is 1. The summed E-state index contributed by atoms with van der Waals surface area (Å²) >= 11 is 0. The molecule has 1 aliphatic carbocycles. The summed E-state index contributed by atoms with van der Waals surface area (Å²) in [4.78, 5) is 35.6. The highest BCUT2D eigenvalue weighted by molar-refractivity contribution is 5.86. The summed E-state index contributed by atoms with van der Waals surface area (Å²) in [5, 5.41) is 8.81. The van der Waals surface area contributed by atoms with Crippen LogP contribution in [-0.4, -0.2) is 149 Å². The van der Waals surface area contributed by atoms with Crippen LogP contribution in [0.25, 0.3) is 0 Å². The van der Waals surface area contributed by atoms with Gasteiger partial charge >= 0.3 is 0 Å². The number of amides is 3. The highest BCUT2D eigenvalue weighted by Gasteiger charge is 2.22. The maximum Gasteiger partial charge on any atom is 0.246 e. The molecule has 0 aliphatic heterocycles. The molecule has 1 aliphatic rings. The van der Waals surface area contributed by atoms with Crippen LogP contribution in [0.1, 0.15) is 52.4 Å². The molecule has 0 aromatic carbocycles. The Balaban J connectivity index is 2.04. The summed E-state index contributed by atoms with van der Waals surface area (Å²) in [7, 11) is 0. The molecule has 0 heterocycles. The second-order valence-electron chi connectivity index (χ2n) is 12.1. The number of nitrogens with one attached hydrogen (secondary N) is 3. The van der Waals surface area contributed by atoms with Gasteiger partial charge in [-0.2, -0.15) is 0 Å². The van der Waals surface area contributed by atoms with Crippen LogP contribution in [0, 0.1) is 5.92 Å². The molecule has 0 bridgehead atoms. The van der Waals surface area contributed by atoms with Crippen molar-refractivity contribution in [2.75, 3.05) is 119 Å². The zero-order valence-corrected chi connectivity index (χ0v) is 30.9. The smallest absolute Gasteiger partial charge is 0.246 e. The highest BCUT2D eigenvalue weighted by atomic mass is 16.6. The third-order valence-electron chi connectivity index (χ3n) is 7.54. The normalized spacial score (nSPS) is 15.7. The number of nitrogens with two attached hydrogens (primary N) is 3. The molecule has 51 heavy (non-hydrogen) atoms. The molecule has 2 unspecified atom stereocenters. The largest absolute Gasteiger partial charge is 0.399 e. The summed E-state index contributed by atoms with van der Waals surface area (Å²) in [5.41, 5.74) is 18.8. The second-order valence-corrected chi connectivity index (χ2v) is 12.1. The average molecular weight is 735 g/mol. The molecule has 0 aromatic heterocycles. The maximum absolute atomic E-state index is 12.4. The number of rotatable bonds is 33. The minimum atomic E-state index is -0.691. The van der Waals surface area contributed by atoms with Crippen molar-refractivity contribution in [3.05, 3.63) is 11.4 Å². The van der Waals surface area contributed by atoms with Gasteiger partial charge in [0.05, 0.1) is 104 Å². The third kappa shape index (κ3) is 25.9. The number of carbonyl (C=O) groups is 3. The Labute approximate surface area is 303 Å². The summed E-state index contributed by atoms with van der Waals surface area (Å²) in [5.74, 6) is -1.15. The number of carbonyl (C=O) groups excluding carboxylic acids is 3. The quantitative estimate of drug-likeness (QED) is 0.0458. The van der Waals surface area contributed by atoms with E-state index in [0.29, 0.717) is 111 Å². The molecule has 0 radical (unpaired) electrons. The van der Waals surface area contributed by atoms with E-state index in [1.54, 1.807) is 0 Å². The van der Waals surface area contributed by atoms with Crippen LogP contribution in [0.3, 0.4) is 0 Å². The highest BCUT2D eigenvalue weighted by Crippen LogP contribution is 2.21. The lowest BCUT2D eigenvalue weighted by Crippen LogP contribution is -2.47. The van der Waals surface area contributed by atoms with Gasteiger partial charge in [0.25, 0.3) is 0 Å². The first kappa shape index (κ1) is 46.4. The minimum absolute atomic E-state index is 0.0831. The first-order valence-electron chi connectivity index (χ1n) is 18.2. The van der Waals surface area contributed by atoms with E-state index in [4.69, 9.17) is 55.1 Å². The molecular weight excluding hydrogens is 668 g/mol. The van der Waals surface area contributed by atoms with E-state index in [2.05, 4.69) is 16.0 Å². The third-order valence-corrected chi connectivity index (χ3v) is 7.54. The fourth-order valence-corrected chi connectivity index (χ4v) is 4.79. The van der Waals surface area contributed by atoms with Crippen molar-refractivity contribution in [1.29, 1.82) is 0 Å². The predicted octanol–water partition coefficient (Wildman–Crippen LogP) is -0.697. The van der Waals surface area contributed by atoms with Gasteiger partial charge in [0.2, 0.25) is 17.7 Å². The zero-order valence-electron chi connectivity index (χ0n) is 30.9. The number of hydrogen-bond acceptors (Lipinski definition) is 14. The molecule has 0 saturated carbocycles. The van der Waals surface area contributed by atoms with Gasteiger partial charge in [-0.15, -0.1) is 0 Å². The van der Waals surface area contributed by atoms with E-state index < -0.39 is 11.9 Å². The van der Waals surface area contributed by atoms with E-state index in [0.717, 1.165) is 37.8 Å². The molecule has 0 aromatic rings. The van der Waals surface area contributed by atoms with Gasteiger partial charge in [-0.1, -0.05) is 26.7 Å². The van der Waals surface area contributed by atoms with Gasteiger partial charge in [-0.05, 0) is 25.2 Å². The van der Waals surface area contributed by atoms with Gasteiger partial charge in [0, 0.05) is 31.8 Å². The van der Waals surface area contributed by atoms with Gasteiger partial charge in [0.15, 0.2) is 0 Å². The van der Waals surface area contributed by atoms with Gasteiger partial charge in [-0.25, -0.2) is 0 Å². The van der Waals surface area contributed by atoms with Gasteiger partial charge < -0.3 is 71.0 Å². The van der Waals surface area contributed by atoms with E-state index in [9.17, 15) is 14.4 Å². The van der Waals surface area contributed by atoms with Crippen molar-refractivity contribution in [1.82, 2.24) is 16.0 Å². The molecule has 9 N–H and O–H groups in total. The van der Waals surface area contributed by atoms with E-state index >= 15 is 0 Å². The zero-order chi connectivity index (χ0) is 37.4. The Morgan fingerprint density at radius 1 is 0.706 bits per heavy atom. The van der Waals surface area contributed by atoms with E-state index in [1.807, 2.05) is 13.8 Å². The summed E-state index contributed by atoms with van der Waals surface area (Å²) in [6.07, 6.45) is 4.49. The number of ether oxygens (including phenoxy) is 8.